The summed E-state index contributed by atoms with van der Waals surface area (Å²) in [5.74, 6) is -5.03. The summed E-state index contributed by atoms with van der Waals surface area (Å²) in [6.07, 6.45) is -0.129. The first kappa shape index (κ1) is 32.8. The number of hydrogen-bond donors (Lipinski definition) is 7. The normalized spacial score (nSPS) is 14.5. The van der Waals surface area contributed by atoms with Gasteiger partial charge >= 0.3 is 11.9 Å². The van der Waals surface area contributed by atoms with E-state index in [1.165, 1.54) is 12.1 Å². The van der Waals surface area contributed by atoms with Crippen molar-refractivity contribution in [1.82, 2.24) is 16.0 Å². The van der Waals surface area contributed by atoms with Crippen molar-refractivity contribution in [3.8, 4) is 5.75 Å². The van der Waals surface area contributed by atoms with Crippen molar-refractivity contribution in [2.75, 3.05) is 0 Å². The molecule has 0 heterocycles. The van der Waals surface area contributed by atoms with Gasteiger partial charge in [0, 0.05) is 12.8 Å². The molecule has 0 spiro atoms. The second-order valence-corrected chi connectivity index (χ2v) is 9.93. The molecule has 0 fully saturated rings. The number of amides is 3. The zero-order valence-corrected chi connectivity index (χ0v) is 23.1. The Labute approximate surface area is 238 Å². The standard InChI is InChI=1S/C29H38N4O8/c1-3-17(2)25(28(39)32-23(29(40)41)16-18-7-5-4-6-8-18)33-27(38)22(13-14-24(35)36)31-26(37)21(30)15-19-9-11-20(34)12-10-19/h4-12,17,21-23,25,34H,3,13-16,30H2,1-2H3,(H,31,37)(H,32,39)(H,33,38)(H,35,36)(H,40,41). The Balaban J connectivity index is 2.16. The second-order valence-electron chi connectivity index (χ2n) is 9.93. The van der Waals surface area contributed by atoms with E-state index in [0.717, 1.165) is 0 Å². The van der Waals surface area contributed by atoms with Gasteiger partial charge in [-0.05, 0) is 42.0 Å². The van der Waals surface area contributed by atoms with Gasteiger partial charge in [0.15, 0.2) is 0 Å². The molecule has 2 aromatic rings. The van der Waals surface area contributed by atoms with E-state index < -0.39 is 66.2 Å². The lowest BCUT2D eigenvalue weighted by Crippen LogP contribution is -2.59. The van der Waals surface area contributed by atoms with E-state index in [0.29, 0.717) is 17.5 Å². The summed E-state index contributed by atoms with van der Waals surface area (Å²) in [6, 6.07) is 10.0. The molecule has 0 aliphatic heterocycles. The Hall–Kier alpha value is -4.45. The Morgan fingerprint density at radius 1 is 0.780 bits per heavy atom. The van der Waals surface area contributed by atoms with E-state index in [1.54, 1.807) is 56.3 Å². The van der Waals surface area contributed by atoms with E-state index in [1.807, 2.05) is 0 Å². The van der Waals surface area contributed by atoms with Gasteiger partial charge in [-0.2, -0.15) is 0 Å². The maximum absolute atomic E-state index is 13.3. The molecule has 12 heteroatoms. The fraction of sp³-hybridized carbons (Fsp3) is 0.414. The molecule has 0 bridgehead atoms. The van der Waals surface area contributed by atoms with Crippen LogP contribution < -0.4 is 21.7 Å². The minimum absolute atomic E-state index is 0.0271. The zero-order valence-electron chi connectivity index (χ0n) is 23.1. The number of carboxylic acids is 2. The van der Waals surface area contributed by atoms with Gasteiger partial charge in [-0.25, -0.2) is 4.79 Å². The molecule has 41 heavy (non-hydrogen) atoms. The van der Waals surface area contributed by atoms with E-state index in [2.05, 4.69) is 16.0 Å². The first-order valence-corrected chi connectivity index (χ1v) is 13.3. The molecule has 8 N–H and O–H groups in total. The topological polar surface area (TPSA) is 208 Å². The van der Waals surface area contributed by atoms with Crippen molar-refractivity contribution < 1.29 is 39.3 Å². The molecule has 3 amide bonds. The SMILES string of the molecule is CCC(C)C(NC(=O)C(CCC(=O)O)NC(=O)C(N)Cc1ccc(O)cc1)C(=O)NC(Cc1ccccc1)C(=O)O. The van der Waals surface area contributed by atoms with Crippen molar-refractivity contribution in [3.05, 3.63) is 65.7 Å². The van der Waals surface area contributed by atoms with E-state index in [9.17, 15) is 34.2 Å². The third-order valence-electron chi connectivity index (χ3n) is 6.70. The number of carbonyl (C=O) groups is 5. The number of benzene rings is 2. The van der Waals surface area contributed by atoms with Crippen LogP contribution in [0.4, 0.5) is 0 Å². The number of rotatable bonds is 16. The van der Waals surface area contributed by atoms with Crippen LogP contribution in [0.5, 0.6) is 5.75 Å². The number of aromatic hydroxyl groups is 1. The summed E-state index contributed by atoms with van der Waals surface area (Å²) in [5.41, 5.74) is 7.37. The van der Waals surface area contributed by atoms with Crippen LogP contribution in [0.2, 0.25) is 0 Å². The van der Waals surface area contributed by atoms with E-state index in [-0.39, 0.29) is 25.0 Å². The second kappa shape index (κ2) is 16.0. The Morgan fingerprint density at radius 3 is 1.93 bits per heavy atom. The van der Waals surface area contributed by atoms with Gasteiger partial charge in [0.1, 0.15) is 23.9 Å². The number of carboxylic acid groups (broad SMARTS) is 2. The van der Waals surface area contributed by atoms with Crippen LogP contribution >= 0.6 is 0 Å². The number of phenols is 1. The Kier molecular flexibility index (Phi) is 12.8. The summed E-state index contributed by atoms with van der Waals surface area (Å²) >= 11 is 0. The summed E-state index contributed by atoms with van der Waals surface area (Å²) in [4.78, 5) is 62.4. The van der Waals surface area contributed by atoms with Gasteiger partial charge in [-0.15, -0.1) is 0 Å². The molecule has 12 nitrogen and oxygen atoms in total. The summed E-state index contributed by atoms with van der Waals surface area (Å²) in [6.45, 7) is 3.50. The molecule has 0 aromatic heterocycles. The highest BCUT2D eigenvalue weighted by molar-refractivity contribution is 5.94. The van der Waals surface area contributed by atoms with Crippen LogP contribution in [0.3, 0.4) is 0 Å². The lowest BCUT2D eigenvalue weighted by Gasteiger charge is -2.28. The predicted molar refractivity (Wildman–Crippen MR) is 150 cm³/mol. The van der Waals surface area contributed by atoms with Crippen LogP contribution in [-0.2, 0) is 36.8 Å². The van der Waals surface area contributed by atoms with Crippen molar-refractivity contribution in [2.45, 2.75) is 70.1 Å². The molecule has 0 radical (unpaired) electrons. The number of carbonyl (C=O) groups excluding carboxylic acids is 3. The molecule has 0 aliphatic rings. The van der Waals surface area contributed by atoms with Crippen molar-refractivity contribution in [2.24, 2.45) is 11.7 Å². The molecule has 2 rings (SSSR count). The van der Waals surface area contributed by atoms with Crippen molar-refractivity contribution >= 4 is 29.7 Å². The van der Waals surface area contributed by atoms with Crippen LogP contribution in [0.1, 0.15) is 44.2 Å². The van der Waals surface area contributed by atoms with Crippen LogP contribution in [0, 0.1) is 5.92 Å². The molecule has 5 atom stereocenters. The number of phenolic OH excluding ortho intramolecular Hbond substituents is 1. The van der Waals surface area contributed by atoms with Crippen molar-refractivity contribution in [3.63, 3.8) is 0 Å². The molecule has 5 unspecified atom stereocenters. The number of nitrogens with two attached hydrogens (primary N) is 1. The van der Waals surface area contributed by atoms with Gasteiger partial charge in [0.2, 0.25) is 17.7 Å². The number of nitrogens with one attached hydrogen (secondary N) is 3. The minimum Gasteiger partial charge on any atom is -0.508 e. The highest BCUT2D eigenvalue weighted by Gasteiger charge is 2.33. The van der Waals surface area contributed by atoms with Crippen molar-refractivity contribution in [1.29, 1.82) is 0 Å². The largest absolute Gasteiger partial charge is 0.508 e. The third-order valence-corrected chi connectivity index (χ3v) is 6.70. The molecule has 0 aliphatic carbocycles. The van der Waals surface area contributed by atoms with Gasteiger partial charge in [0.05, 0.1) is 6.04 Å². The van der Waals surface area contributed by atoms with Crippen LogP contribution in [-0.4, -0.2) is 69.1 Å². The number of hydrogen-bond acceptors (Lipinski definition) is 7. The van der Waals surface area contributed by atoms with Crippen LogP contribution in [0.25, 0.3) is 0 Å². The quantitative estimate of drug-likeness (QED) is 0.153. The smallest absolute Gasteiger partial charge is 0.326 e. The third kappa shape index (κ3) is 10.9. The first-order valence-electron chi connectivity index (χ1n) is 13.3. The molecular formula is C29H38N4O8. The predicted octanol–water partition coefficient (Wildman–Crippen LogP) is 0.955. The van der Waals surface area contributed by atoms with Crippen LogP contribution in [0.15, 0.2) is 54.6 Å². The Bertz CT molecular complexity index is 1190. The van der Waals surface area contributed by atoms with Gasteiger partial charge < -0.3 is 37.0 Å². The molecule has 222 valence electrons. The molecule has 0 saturated carbocycles. The average molecular weight is 571 g/mol. The fourth-order valence-electron chi connectivity index (χ4n) is 4.06. The molecular weight excluding hydrogens is 532 g/mol. The van der Waals surface area contributed by atoms with E-state index in [4.69, 9.17) is 10.8 Å². The summed E-state index contributed by atoms with van der Waals surface area (Å²) in [5, 5.41) is 35.8. The minimum atomic E-state index is -1.32. The average Bonchev–Trinajstić information content (AvgIpc) is 2.94. The summed E-state index contributed by atoms with van der Waals surface area (Å²) in [7, 11) is 0. The van der Waals surface area contributed by atoms with Gasteiger partial charge in [-0.1, -0.05) is 62.7 Å². The van der Waals surface area contributed by atoms with Gasteiger partial charge in [-0.3, -0.25) is 19.2 Å². The lowest BCUT2D eigenvalue weighted by atomic mass is 9.96. The monoisotopic (exact) mass is 570 g/mol. The maximum atomic E-state index is 13.3. The highest BCUT2D eigenvalue weighted by Crippen LogP contribution is 2.13. The zero-order chi connectivity index (χ0) is 30.5. The highest BCUT2D eigenvalue weighted by atomic mass is 16.4. The first-order chi connectivity index (χ1) is 19.4. The maximum Gasteiger partial charge on any atom is 0.326 e. The Morgan fingerprint density at radius 2 is 1.37 bits per heavy atom. The summed E-state index contributed by atoms with van der Waals surface area (Å²) < 4.78 is 0. The van der Waals surface area contributed by atoms with Gasteiger partial charge in [0.25, 0.3) is 0 Å². The molecule has 0 saturated heterocycles. The fourth-order valence-corrected chi connectivity index (χ4v) is 4.06. The molecule has 2 aromatic carbocycles. The number of aliphatic carboxylic acids is 2. The lowest BCUT2D eigenvalue weighted by molar-refractivity contribution is -0.142. The van der Waals surface area contributed by atoms with E-state index >= 15 is 0 Å².